The maximum Gasteiger partial charge on any atom is 0.365 e. The first-order chi connectivity index (χ1) is 9.49. The van der Waals surface area contributed by atoms with Crippen molar-refractivity contribution in [3.05, 3.63) is 58.1 Å². The molecule has 0 aliphatic heterocycles. The van der Waals surface area contributed by atoms with Crippen LogP contribution in [0.15, 0.2) is 52.7 Å². The molecule has 102 valence electrons. The summed E-state index contributed by atoms with van der Waals surface area (Å²) in [6.07, 6.45) is 2.92. The van der Waals surface area contributed by atoms with Crippen molar-refractivity contribution in [2.75, 3.05) is 0 Å². The lowest BCUT2D eigenvalue weighted by atomic mass is 9.97. The second-order valence-electron chi connectivity index (χ2n) is 4.31. The van der Waals surface area contributed by atoms with Crippen molar-refractivity contribution >= 4 is 29.1 Å². The normalized spacial score (nSPS) is 16.8. The van der Waals surface area contributed by atoms with Crippen LogP contribution in [0, 0.1) is 0 Å². The summed E-state index contributed by atoms with van der Waals surface area (Å²) in [5.41, 5.74) is 2.05. The molecule has 0 fully saturated rings. The van der Waals surface area contributed by atoms with Gasteiger partial charge in [0.15, 0.2) is 5.78 Å². The fourth-order valence-corrected chi connectivity index (χ4v) is 1.83. The van der Waals surface area contributed by atoms with E-state index < -0.39 is 5.97 Å². The van der Waals surface area contributed by atoms with Crippen LogP contribution in [0.4, 0.5) is 0 Å². The molecule has 0 unspecified atom stereocenters. The maximum absolute atomic E-state index is 11.8. The predicted octanol–water partition coefficient (Wildman–Crippen LogP) is 3.33. The highest BCUT2D eigenvalue weighted by Crippen LogP contribution is 2.15. The Morgan fingerprint density at radius 3 is 2.65 bits per heavy atom. The van der Waals surface area contributed by atoms with Crippen LogP contribution in [0.1, 0.15) is 24.2 Å². The third kappa shape index (κ3) is 3.03. The third-order valence-electron chi connectivity index (χ3n) is 3.00. The zero-order chi connectivity index (χ0) is 14.7. The molecule has 0 radical (unpaired) electrons. The lowest BCUT2D eigenvalue weighted by Gasteiger charge is -2.09. The summed E-state index contributed by atoms with van der Waals surface area (Å²) in [5.74, 6) is -0.668. The number of ketones is 1. The number of hydrogen-bond donors (Lipinski definition) is 0. The van der Waals surface area contributed by atoms with E-state index in [2.05, 4.69) is 5.16 Å². The SMILES string of the molecule is CC1=C(C)/C(=N/OC(=O)c2cccc(Cl)c2)C=CC1=O. The molecule has 0 saturated heterocycles. The van der Waals surface area contributed by atoms with Crippen molar-refractivity contribution in [2.24, 2.45) is 5.16 Å². The first kappa shape index (κ1) is 14.2. The summed E-state index contributed by atoms with van der Waals surface area (Å²) in [6.45, 7) is 3.46. The van der Waals surface area contributed by atoms with Gasteiger partial charge in [0.05, 0.1) is 5.56 Å². The van der Waals surface area contributed by atoms with Gasteiger partial charge >= 0.3 is 5.97 Å². The summed E-state index contributed by atoms with van der Waals surface area (Å²) in [7, 11) is 0. The van der Waals surface area contributed by atoms with Crippen LogP contribution < -0.4 is 0 Å². The Hall–Kier alpha value is -2.20. The summed E-state index contributed by atoms with van der Waals surface area (Å²) in [4.78, 5) is 28.1. The molecule has 0 saturated carbocycles. The predicted molar refractivity (Wildman–Crippen MR) is 76.8 cm³/mol. The van der Waals surface area contributed by atoms with E-state index >= 15 is 0 Å². The number of hydrogen-bond acceptors (Lipinski definition) is 4. The van der Waals surface area contributed by atoms with Gasteiger partial charge in [0.2, 0.25) is 0 Å². The second kappa shape index (κ2) is 5.84. The standard InChI is InChI=1S/C15H12ClNO3/c1-9-10(2)14(18)7-6-13(9)17-20-15(19)11-4-3-5-12(16)8-11/h3-8H,1-2H3/b17-13+. The third-order valence-corrected chi connectivity index (χ3v) is 3.23. The molecule has 0 aromatic heterocycles. The fraction of sp³-hybridized carbons (Fsp3) is 0.133. The molecular formula is C15H12ClNO3. The molecule has 20 heavy (non-hydrogen) atoms. The van der Waals surface area contributed by atoms with Crippen molar-refractivity contribution in [3.8, 4) is 0 Å². The molecule has 5 heteroatoms. The minimum atomic E-state index is -0.601. The molecule has 1 aliphatic carbocycles. The van der Waals surface area contributed by atoms with Crippen molar-refractivity contribution in [2.45, 2.75) is 13.8 Å². The van der Waals surface area contributed by atoms with Gasteiger partial charge < -0.3 is 4.84 Å². The van der Waals surface area contributed by atoms with E-state index in [9.17, 15) is 9.59 Å². The molecule has 4 nitrogen and oxygen atoms in total. The van der Waals surface area contributed by atoms with Crippen LogP contribution in [-0.2, 0) is 9.63 Å². The number of oxime groups is 1. The van der Waals surface area contributed by atoms with Gasteiger partial charge in [0, 0.05) is 10.6 Å². The summed E-state index contributed by atoms with van der Waals surface area (Å²) >= 11 is 5.80. The van der Waals surface area contributed by atoms with Crippen LogP contribution in [0.5, 0.6) is 0 Å². The van der Waals surface area contributed by atoms with Crippen LogP contribution in [-0.4, -0.2) is 17.5 Å². The first-order valence-electron chi connectivity index (χ1n) is 5.94. The molecule has 0 spiro atoms. The summed E-state index contributed by atoms with van der Waals surface area (Å²) < 4.78 is 0. The second-order valence-corrected chi connectivity index (χ2v) is 4.75. The number of halogens is 1. The zero-order valence-electron chi connectivity index (χ0n) is 11.0. The quantitative estimate of drug-likeness (QED) is 0.477. The molecule has 2 rings (SSSR count). The van der Waals surface area contributed by atoms with Gasteiger partial charge in [-0.05, 0) is 49.8 Å². The van der Waals surface area contributed by atoms with E-state index in [4.69, 9.17) is 16.4 Å². The highest BCUT2D eigenvalue weighted by molar-refractivity contribution is 6.30. The number of nitrogens with zero attached hydrogens (tertiary/aromatic N) is 1. The molecular weight excluding hydrogens is 278 g/mol. The Morgan fingerprint density at radius 1 is 1.20 bits per heavy atom. The largest absolute Gasteiger partial charge is 0.365 e. The number of carbonyl (C=O) groups excluding carboxylic acids is 2. The van der Waals surface area contributed by atoms with Gasteiger partial charge in [-0.25, -0.2) is 4.79 Å². The Morgan fingerprint density at radius 2 is 1.95 bits per heavy atom. The lowest BCUT2D eigenvalue weighted by molar-refractivity contribution is -0.111. The van der Waals surface area contributed by atoms with Crippen molar-refractivity contribution in [1.29, 1.82) is 0 Å². The highest BCUT2D eigenvalue weighted by Gasteiger charge is 2.15. The molecule has 1 aromatic rings. The van der Waals surface area contributed by atoms with Crippen molar-refractivity contribution < 1.29 is 14.4 Å². The maximum atomic E-state index is 11.8. The van der Waals surface area contributed by atoms with Gasteiger partial charge in [-0.1, -0.05) is 22.8 Å². The fourth-order valence-electron chi connectivity index (χ4n) is 1.64. The van der Waals surface area contributed by atoms with E-state index in [0.717, 1.165) is 0 Å². The van der Waals surface area contributed by atoms with Crippen LogP contribution in [0.3, 0.4) is 0 Å². The van der Waals surface area contributed by atoms with E-state index in [-0.39, 0.29) is 5.78 Å². The van der Waals surface area contributed by atoms with E-state index in [1.54, 1.807) is 32.0 Å². The van der Waals surface area contributed by atoms with E-state index in [1.807, 2.05) is 0 Å². The number of allylic oxidation sites excluding steroid dienone is 4. The molecule has 1 aromatic carbocycles. The van der Waals surface area contributed by atoms with Crippen LogP contribution in [0.25, 0.3) is 0 Å². The molecule has 0 heterocycles. The zero-order valence-corrected chi connectivity index (χ0v) is 11.8. The van der Waals surface area contributed by atoms with Crippen molar-refractivity contribution in [3.63, 3.8) is 0 Å². The van der Waals surface area contributed by atoms with E-state index in [0.29, 0.717) is 27.4 Å². The molecule has 0 atom stereocenters. The Bertz CT molecular complexity index is 671. The van der Waals surface area contributed by atoms with Crippen molar-refractivity contribution in [1.82, 2.24) is 0 Å². The first-order valence-corrected chi connectivity index (χ1v) is 6.32. The molecule has 0 amide bonds. The Balaban J connectivity index is 2.16. The topological polar surface area (TPSA) is 55.7 Å². The lowest BCUT2D eigenvalue weighted by Crippen LogP contribution is -2.12. The van der Waals surface area contributed by atoms with Crippen LogP contribution in [0.2, 0.25) is 5.02 Å². The van der Waals surface area contributed by atoms with Gasteiger partial charge in [0.1, 0.15) is 5.71 Å². The molecule has 0 N–H and O–H groups in total. The monoisotopic (exact) mass is 289 g/mol. The number of benzene rings is 1. The van der Waals surface area contributed by atoms with Gasteiger partial charge in [-0.15, -0.1) is 0 Å². The van der Waals surface area contributed by atoms with Crippen LogP contribution >= 0.6 is 11.6 Å². The number of rotatable bonds is 2. The van der Waals surface area contributed by atoms with Gasteiger partial charge in [-0.2, -0.15) is 0 Å². The minimum Gasteiger partial charge on any atom is -0.312 e. The van der Waals surface area contributed by atoms with Gasteiger partial charge in [0.25, 0.3) is 0 Å². The summed E-state index contributed by atoms with van der Waals surface area (Å²) in [5, 5.41) is 4.23. The Labute approximate surface area is 121 Å². The average molecular weight is 290 g/mol. The Kier molecular flexibility index (Phi) is 4.15. The number of carbonyl (C=O) groups is 2. The highest BCUT2D eigenvalue weighted by atomic mass is 35.5. The smallest absolute Gasteiger partial charge is 0.312 e. The molecule has 0 bridgehead atoms. The minimum absolute atomic E-state index is 0.0670. The molecule has 1 aliphatic rings. The average Bonchev–Trinajstić information content (AvgIpc) is 2.44. The summed E-state index contributed by atoms with van der Waals surface area (Å²) in [6, 6.07) is 6.40. The van der Waals surface area contributed by atoms with E-state index in [1.165, 1.54) is 18.2 Å². The van der Waals surface area contributed by atoms with Gasteiger partial charge in [-0.3, -0.25) is 4.79 Å².